The maximum atomic E-state index is 12.4. The first-order valence-electron chi connectivity index (χ1n) is 6.30. The Labute approximate surface area is 143 Å². The SMILES string of the molecule is COc1ccc2c(c1Br)O/C(=C\c1ccc(O)cc1Br)C2=O. The molecular formula is C16H10Br2O4. The third kappa shape index (κ3) is 2.53. The second-order valence-electron chi connectivity index (χ2n) is 4.60. The van der Waals surface area contributed by atoms with E-state index in [0.29, 0.717) is 26.0 Å². The number of halogens is 2. The lowest BCUT2D eigenvalue weighted by molar-refractivity contribution is 0.101. The van der Waals surface area contributed by atoms with Crippen LogP contribution in [0.2, 0.25) is 0 Å². The van der Waals surface area contributed by atoms with Crippen LogP contribution in [-0.2, 0) is 0 Å². The van der Waals surface area contributed by atoms with Gasteiger partial charge in [0.05, 0.1) is 12.7 Å². The molecule has 0 radical (unpaired) electrons. The third-order valence-electron chi connectivity index (χ3n) is 3.23. The zero-order valence-electron chi connectivity index (χ0n) is 11.4. The summed E-state index contributed by atoms with van der Waals surface area (Å²) in [7, 11) is 1.55. The number of hydrogen-bond acceptors (Lipinski definition) is 4. The lowest BCUT2D eigenvalue weighted by Crippen LogP contribution is -1.98. The lowest BCUT2D eigenvalue weighted by Gasteiger charge is -2.06. The first-order valence-corrected chi connectivity index (χ1v) is 7.89. The molecule has 0 spiro atoms. The van der Waals surface area contributed by atoms with E-state index in [9.17, 15) is 9.90 Å². The van der Waals surface area contributed by atoms with E-state index in [4.69, 9.17) is 9.47 Å². The predicted octanol–water partition coefficient (Wildman–Crippen LogP) is 4.54. The molecule has 22 heavy (non-hydrogen) atoms. The fraction of sp³-hybridized carbons (Fsp3) is 0.0625. The molecule has 2 aromatic rings. The Hall–Kier alpha value is -1.79. The van der Waals surface area contributed by atoms with Crippen LogP contribution in [0.25, 0.3) is 6.08 Å². The highest BCUT2D eigenvalue weighted by Crippen LogP contribution is 2.43. The number of aromatic hydroxyl groups is 1. The van der Waals surface area contributed by atoms with Crippen LogP contribution in [0.15, 0.2) is 45.0 Å². The van der Waals surface area contributed by atoms with E-state index in [1.807, 2.05) is 0 Å². The van der Waals surface area contributed by atoms with E-state index >= 15 is 0 Å². The molecule has 0 saturated carbocycles. The summed E-state index contributed by atoms with van der Waals surface area (Å²) in [4.78, 5) is 12.4. The maximum Gasteiger partial charge on any atom is 0.232 e. The molecule has 0 bridgehead atoms. The molecule has 1 N–H and O–H groups in total. The molecule has 1 heterocycles. The van der Waals surface area contributed by atoms with Crippen LogP contribution >= 0.6 is 31.9 Å². The van der Waals surface area contributed by atoms with Gasteiger partial charge in [0.1, 0.15) is 16.0 Å². The largest absolute Gasteiger partial charge is 0.508 e. The summed E-state index contributed by atoms with van der Waals surface area (Å²) in [6.07, 6.45) is 1.63. The average Bonchev–Trinajstić information content (AvgIpc) is 2.80. The fourth-order valence-electron chi connectivity index (χ4n) is 2.13. The number of ketones is 1. The van der Waals surface area contributed by atoms with Crippen molar-refractivity contribution in [3.63, 3.8) is 0 Å². The number of hydrogen-bond donors (Lipinski definition) is 1. The topological polar surface area (TPSA) is 55.8 Å². The number of ether oxygens (including phenoxy) is 2. The highest BCUT2D eigenvalue weighted by molar-refractivity contribution is 9.11. The number of fused-ring (bicyclic) bond motifs is 1. The van der Waals surface area contributed by atoms with Gasteiger partial charge in [0, 0.05) is 4.47 Å². The van der Waals surface area contributed by atoms with Crippen LogP contribution in [0.3, 0.4) is 0 Å². The van der Waals surface area contributed by atoms with Gasteiger partial charge in [-0.2, -0.15) is 0 Å². The van der Waals surface area contributed by atoms with Crippen LogP contribution < -0.4 is 9.47 Å². The lowest BCUT2D eigenvalue weighted by atomic mass is 10.1. The number of carbonyl (C=O) groups excluding carboxylic acids is 1. The molecule has 3 rings (SSSR count). The van der Waals surface area contributed by atoms with E-state index in [1.165, 1.54) is 0 Å². The minimum Gasteiger partial charge on any atom is -0.508 e. The summed E-state index contributed by atoms with van der Waals surface area (Å²) in [6, 6.07) is 8.18. The molecule has 0 atom stereocenters. The number of Topliss-reactive ketones (excluding diaryl/α,β-unsaturated/α-hetero) is 1. The second-order valence-corrected chi connectivity index (χ2v) is 6.25. The highest BCUT2D eigenvalue weighted by Gasteiger charge is 2.30. The quantitative estimate of drug-likeness (QED) is 0.717. The number of benzene rings is 2. The summed E-state index contributed by atoms with van der Waals surface area (Å²) in [5.41, 5.74) is 1.21. The van der Waals surface area contributed by atoms with Crippen LogP contribution in [0.1, 0.15) is 15.9 Å². The normalized spacial score (nSPS) is 14.9. The van der Waals surface area contributed by atoms with Gasteiger partial charge in [-0.05, 0) is 51.8 Å². The number of methoxy groups -OCH3 is 1. The van der Waals surface area contributed by atoms with E-state index < -0.39 is 0 Å². The van der Waals surface area contributed by atoms with Crippen molar-refractivity contribution in [1.29, 1.82) is 0 Å². The molecule has 0 fully saturated rings. The third-order valence-corrected chi connectivity index (χ3v) is 4.67. The van der Waals surface area contributed by atoms with Gasteiger partial charge in [0.2, 0.25) is 5.78 Å². The Kier molecular flexibility index (Phi) is 3.97. The zero-order valence-corrected chi connectivity index (χ0v) is 14.6. The van der Waals surface area contributed by atoms with Gasteiger partial charge >= 0.3 is 0 Å². The smallest absolute Gasteiger partial charge is 0.232 e. The summed E-state index contributed by atoms with van der Waals surface area (Å²) in [5, 5.41) is 9.42. The van der Waals surface area contributed by atoms with Crippen molar-refractivity contribution < 1.29 is 19.4 Å². The Morgan fingerprint density at radius 2 is 2.00 bits per heavy atom. The molecule has 0 unspecified atom stereocenters. The summed E-state index contributed by atoms with van der Waals surface area (Å²) < 4.78 is 12.2. The molecule has 1 aliphatic heterocycles. The molecule has 4 nitrogen and oxygen atoms in total. The van der Waals surface area contributed by atoms with Gasteiger partial charge in [-0.3, -0.25) is 4.79 Å². The van der Waals surface area contributed by atoms with Crippen molar-refractivity contribution in [3.8, 4) is 17.2 Å². The van der Waals surface area contributed by atoms with Crippen molar-refractivity contribution in [3.05, 3.63) is 56.2 Å². The Morgan fingerprint density at radius 1 is 1.23 bits per heavy atom. The number of phenols is 1. The van der Waals surface area contributed by atoms with Gasteiger partial charge < -0.3 is 14.6 Å². The molecular weight excluding hydrogens is 416 g/mol. The van der Waals surface area contributed by atoms with Gasteiger partial charge in [-0.1, -0.05) is 22.0 Å². The van der Waals surface area contributed by atoms with Crippen molar-refractivity contribution in [1.82, 2.24) is 0 Å². The van der Waals surface area contributed by atoms with Crippen LogP contribution in [0.5, 0.6) is 17.2 Å². The van der Waals surface area contributed by atoms with Crippen molar-refractivity contribution >= 4 is 43.7 Å². The molecule has 0 aromatic heterocycles. The number of allylic oxidation sites excluding steroid dienone is 1. The second kappa shape index (κ2) is 5.78. The van der Waals surface area contributed by atoms with Crippen LogP contribution in [-0.4, -0.2) is 18.0 Å². The number of rotatable bonds is 2. The summed E-state index contributed by atoms with van der Waals surface area (Å²) in [5.74, 6) is 1.21. The molecule has 0 amide bonds. The van der Waals surface area contributed by atoms with E-state index in [2.05, 4.69) is 31.9 Å². The average molecular weight is 426 g/mol. The highest BCUT2D eigenvalue weighted by atomic mass is 79.9. The van der Waals surface area contributed by atoms with E-state index in [1.54, 1.807) is 43.5 Å². The fourth-order valence-corrected chi connectivity index (χ4v) is 3.20. The molecule has 2 aromatic carbocycles. The van der Waals surface area contributed by atoms with Crippen molar-refractivity contribution in [2.45, 2.75) is 0 Å². The van der Waals surface area contributed by atoms with Gasteiger partial charge in [-0.25, -0.2) is 0 Å². The zero-order chi connectivity index (χ0) is 15.9. The van der Waals surface area contributed by atoms with E-state index in [-0.39, 0.29) is 17.3 Å². The number of phenolic OH excluding ortho intramolecular Hbond substituents is 1. The summed E-state index contributed by atoms with van der Waals surface area (Å²) in [6.45, 7) is 0. The maximum absolute atomic E-state index is 12.4. The molecule has 6 heteroatoms. The summed E-state index contributed by atoms with van der Waals surface area (Å²) >= 11 is 6.73. The standard InChI is InChI=1S/C16H10Br2O4/c1-21-12-5-4-10-15(20)13(22-16(10)14(12)18)6-8-2-3-9(19)7-11(8)17/h2-7,19H,1H3/b13-6-. The molecule has 0 saturated heterocycles. The van der Waals surface area contributed by atoms with Gasteiger partial charge in [-0.15, -0.1) is 0 Å². The Bertz CT molecular complexity index is 812. The first kappa shape index (κ1) is 15.1. The van der Waals surface area contributed by atoms with E-state index in [0.717, 1.165) is 5.56 Å². The first-order chi connectivity index (χ1) is 10.5. The van der Waals surface area contributed by atoms with Crippen molar-refractivity contribution in [2.24, 2.45) is 0 Å². The molecule has 1 aliphatic rings. The van der Waals surface area contributed by atoms with Crippen molar-refractivity contribution in [2.75, 3.05) is 7.11 Å². The Balaban J connectivity index is 2.03. The van der Waals surface area contributed by atoms with Crippen LogP contribution in [0, 0.1) is 0 Å². The predicted molar refractivity (Wildman–Crippen MR) is 89.4 cm³/mol. The van der Waals surface area contributed by atoms with Gasteiger partial charge in [0.25, 0.3) is 0 Å². The monoisotopic (exact) mass is 424 g/mol. The number of carbonyl (C=O) groups is 1. The molecule has 112 valence electrons. The minimum absolute atomic E-state index is 0.142. The minimum atomic E-state index is -0.196. The Morgan fingerprint density at radius 3 is 2.68 bits per heavy atom. The van der Waals surface area contributed by atoms with Crippen LogP contribution in [0.4, 0.5) is 0 Å². The molecule has 0 aliphatic carbocycles. The van der Waals surface area contributed by atoms with Gasteiger partial charge in [0.15, 0.2) is 11.5 Å².